The van der Waals surface area contributed by atoms with E-state index >= 15 is 0 Å². The number of nitrogens with zero attached hydrogens (tertiary/aromatic N) is 2. The second-order valence-corrected chi connectivity index (χ2v) is 5.73. The maximum atomic E-state index is 4.40. The van der Waals surface area contributed by atoms with Crippen molar-refractivity contribution in [2.75, 3.05) is 17.2 Å². The molecule has 2 rings (SSSR count). The van der Waals surface area contributed by atoms with E-state index in [1.807, 2.05) is 12.1 Å². The monoisotopic (exact) mass is 348 g/mol. The summed E-state index contributed by atoms with van der Waals surface area (Å²) < 4.78 is 1.09. The number of hydrogen-bond donors (Lipinski definition) is 2. The smallest absolute Gasteiger partial charge is 0.134 e. The van der Waals surface area contributed by atoms with Crippen LogP contribution in [0.15, 0.2) is 35.1 Å². The maximum Gasteiger partial charge on any atom is 0.134 e. The highest BCUT2D eigenvalue weighted by Gasteiger charge is 2.10. The van der Waals surface area contributed by atoms with Crippen LogP contribution >= 0.6 is 15.9 Å². The number of aromatic nitrogens is 2. The highest BCUT2D eigenvalue weighted by atomic mass is 79.9. The zero-order chi connectivity index (χ0) is 15.1. The first-order chi connectivity index (χ1) is 10.2. The molecule has 0 aliphatic rings. The summed E-state index contributed by atoms with van der Waals surface area (Å²) in [5, 5.41) is 6.74. The maximum absolute atomic E-state index is 4.40. The molecular formula is C16H21BrN4. The molecule has 21 heavy (non-hydrogen) atoms. The van der Waals surface area contributed by atoms with Gasteiger partial charge in [-0.2, -0.15) is 0 Å². The van der Waals surface area contributed by atoms with Gasteiger partial charge in [0.05, 0.1) is 0 Å². The van der Waals surface area contributed by atoms with Gasteiger partial charge in [-0.05, 0) is 31.0 Å². The van der Waals surface area contributed by atoms with Crippen molar-refractivity contribution in [1.82, 2.24) is 9.97 Å². The van der Waals surface area contributed by atoms with Crippen molar-refractivity contribution >= 4 is 27.6 Å². The zero-order valence-corrected chi connectivity index (χ0v) is 14.1. The van der Waals surface area contributed by atoms with Gasteiger partial charge in [-0.3, -0.25) is 0 Å². The fourth-order valence-electron chi connectivity index (χ4n) is 2.20. The Morgan fingerprint density at radius 2 is 1.86 bits per heavy atom. The Bertz CT molecular complexity index is 586. The van der Waals surface area contributed by atoms with E-state index in [0.29, 0.717) is 0 Å². The van der Waals surface area contributed by atoms with Gasteiger partial charge < -0.3 is 10.6 Å². The third-order valence-electron chi connectivity index (χ3n) is 3.14. The molecule has 0 aliphatic carbocycles. The summed E-state index contributed by atoms with van der Waals surface area (Å²) in [4.78, 5) is 8.75. The molecule has 112 valence electrons. The van der Waals surface area contributed by atoms with E-state index < -0.39 is 0 Å². The molecule has 0 unspecified atom stereocenters. The lowest BCUT2D eigenvalue weighted by atomic mass is 10.1. The lowest BCUT2D eigenvalue weighted by molar-refractivity contribution is 0.895. The summed E-state index contributed by atoms with van der Waals surface area (Å²) >= 11 is 3.50. The summed E-state index contributed by atoms with van der Waals surface area (Å²) in [7, 11) is 0. The Balaban J connectivity index is 2.16. The van der Waals surface area contributed by atoms with Crippen LogP contribution in [0.2, 0.25) is 0 Å². The molecular weight excluding hydrogens is 328 g/mol. The van der Waals surface area contributed by atoms with Crippen molar-refractivity contribution < 1.29 is 0 Å². The summed E-state index contributed by atoms with van der Waals surface area (Å²) in [6, 6.07) is 8.28. The van der Waals surface area contributed by atoms with Gasteiger partial charge in [0.2, 0.25) is 0 Å². The van der Waals surface area contributed by atoms with Crippen LogP contribution in [-0.2, 0) is 13.0 Å². The third-order valence-corrected chi connectivity index (χ3v) is 3.63. The second-order valence-electron chi connectivity index (χ2n) is 4.81. The average Bonchev–Trinajstić information content (AvgIpc) is 2.48. The number of rotatable bonds is 7. The Kier molecular flexibility index (Phi) is 5.99. The van der Waals surface area contributed by atoms with Crippen LogP contribution in [0.5, 0.6) is 0 Å². The highest BCUT2D eigenvalue weighted by molar-refractivity contribution is 9.10. The van der Waals surface area contributed by atoms with Crippen molar-refractivity contribution in [1.29, 1.82) is 0 Å². The third kappa shape index (κ3) is 4.43. The van der Waals surface area contributed by atoms with Crippen LogP contribution < -0.4 is 10.6 Å². The summed E-state index contributed by atoms with van der Waals surface area (Å²) in [5.74, 6) is 1.86. The lowest BCUT2D eigenvalue weighted by Gasteiger charge is -2.14. The first-order valence-electron chi connectivity index (χ1n) is 7.30. The molecule has 4 nitrogen and oxygen atoms in total. The van der Waals surface area contributed by atoms with Gasteiger partial charge in [0.25, 0.3) is 0 Å². The number of halogens is 1. The number of hydrogen-bond acceptors (Lipinski definition) is 4. The Labute approximate surface area is 134 Å². The van der Waals surface area contributed by atoms with E-state index in [1.54, 1.807) is 6.33 Å². The largest absolute Gasteiger partial charge is 0.370 e. The molecule has 0 spiro atoms. The quantitative estimate of drug-likeness (QED) is 0.785. The molecule has 0 aliphatic heterocycles. The lowest BCUT2D eigenvalue weighted by Crippen LogP contribution is -2.10. The molecule has 5 heteroatoms. The molecule has 1 aromatic carbocycles. The Hall–Kier alpha value is -1.62. The topological polar surface area (TPSA) is 49.8 Å². The van der Waals surface area contributed by atoms with E-state index in [1.165, 1.54) is 5.56 Å². The van der Waals surface area contributed by atoms with Gasteiger partial charge in [-0.25, -0.2) is 9.97 Å². The standard InChI is InChI=1S/C16H21BrN4/c1-3-6-14-15(18-4-2)20-11-21-16(14)19-10-12-7-5-8-13(17)9-12/h5,7-9,11H,3-4,6,10H2,1-2H3,(H2,18,19,20,21). The predicted octanol–water partition coefficient (Wildman–Crippen LogP) is 4.24. The van der Waals surface area contributed by atoms with E-state index in [0.717, 1.165) is 47.6 Å². The van der Waals surface area contributed by atoms with E-state index in [2.05, 4.69) is 62.5 Å². The normalized spacial score (nSPS) is 10.4. The molecule has 0 radical (unpaired) electrons. The minimum absolute atomic E-state index is 0.749. The van der Waals surface area contributed by atoms with E-state index in [-0.39, 0.29) is 0 Å². The molecule has 0 bridgehead atoms. The van der Waals surface area contributed by atoms with Gasteiger partial charge in [-0.15, -0.1) is 0 Å². The molecule has 1 aromatic heterocycles. The van der Waals surface area contributed by atoms with Gasteiger partial charge in [0.1, 0.15) is 18.0 Å². The zero-order valence-electron chi connectivity index (χ0n) is 12.5. The molecule has 0 amide bonds. The van der Waals surface area contributed by atoms with Crippen LogP contribution in [0.25, 0.3) is 0 Å². The van der Waals surface area contributed by atoms with Crippen molar-refractivity contribution in [3.8, 4) is 0 Å². The van der Waals surface area contributed by atoms with Crippen molar-refractivity contribution in [2.45, 2.75) is 33.2 Å². The van der Waals surface area contributed by atoms with Crippen molar-refractivity contribution in [3.63, 3.8) is 0 Å². The first-order valence-corrected chi connectivity index (χ1v) is 8.10. The van der Waals surface area contributed by atoms with Crippen LogP contribution in [-0.4, -0.2) is 16.5 Å². The molecule has 0 fully saturated rings. The second kappa shape index (κ2) is 7.98. The molecule has 0 saturated carbocycles. The number of nitrogens with one attached hydrogen (secondary N) is 2. The number of benzene rings is 1. The minimum atomic E-state index is 0.749. The number of anilines is 2. The average molecular weight is 349 g/mol. The summed E-state index contributed by atoms with van der Waals surface area (Å²) in [6.07, 6.45) is 3.64. The summed E-state index contributed by atoms with van der Waals surface area (Å²) in [6.45, 7) is 5.85. The molecule has 2 N–H and O–H groups in total. The molecule has 2 aromatic rings. The van der Waals surface area contributed by atoms with Crippen molar-refractivity contribution in [3.05, 3.63) is 46.2 Å². The molecule has 0 saturated heterocycles. The molecule has 0 atom stereocenters. The fraction of sp³-hybridized carbons (Fsp3) is 0.375. The van der Waals surface area contributed by atoms with Gasteiger partial charge >= 0.3 is 0 Å². The highest BCUT2D eigenvalue weighted by Crippen LogP contribution is 2.22. The fourth-order valence-corrected chi connectivity index (χ4v) is 2.65. The van der Waals surface area contributed by atoms with Crippen LogP contribution in [0.4, 0.5) is 11.6 Å². The summed E-state index contributed by atoms with van der Waals surface area (Å²) in [5.41, 5.74) is 2.38. The van der Waals surface area contributed by atoms with Crippen LogP contribution in [0.3, 0.4) is 0 Å². The Morgan fingerprint density at radius 3 is 2.52 bits per heavy atom. The van der Waals surface area contributed by atoms with E-state index in [4.69, 9.17) is 0 Å². The SMILES string of the molecule is CCCc1c(NCC)ncnc1NCc1cccc(Br)c1. The minimum Gasteiger partial charge on any atom is -0.370 e. The van der Waals surface area contributed by atoms with Crippen LogP contribution in [0, 0.1) is 0 Å². The van der Waals surface area contributed by atoms with Crippen molar-refractivity contribution in [2.24, 2.45) is 0 Å². The molecule has 1 heterocycles. The predicted molar refractivity (Wildman–Crippen MR) is 91.7 cm³/mol. The van der Waals surface area contributed by atoms with E-state index in [9.17, 15) is 0 Å². The van der Waals surface area contributed by atoms with Gasteiger partial charge in [0, 0.05) is 23.1 Å². The van der Waals surface area contributed by atoms with Crippen LogP contribution in [0.1, 0.15) is 31.4 Å². The van der Waals surface area contributed by atoms with Gasteiger partial charge in [0.15, 0.2) is 0 Å². The first kappa shape index (κ1) is 15.8. The van der Waals surface area contributed by atoms with Gasteiger partial charge in [-0.1, -0.05) is 41.4 Å². The Morgan fingerprint density at radius 1 is 1.10 bits per heavy atom.